The third-order valence-electron chi connectivity index (χ3n) is 4.90. The van der Waals surface area contributed by atoms with E-state index in [1.54, 1.807) is 12.4 Å². The van der Waals surface area contributed by atoms with E-state index >= 15 is 0 Å². The number of benzene rings is 1. The molecule has 28 heavy (non-hydrogen) atoms. The molecular formula is C22H23N5O. The highest BCUT2D eigenvalue weighted by molar-refractivity contribution is 6.07. The topological polar surface area (TPSA) is 79.8 Å². The molecule has 0 spiro atoms. The van der Waals surface area contributed by atoms with Crippen LogP contribution in [-0.2, 0) is 0 Å². The predicted octanol–water partition coefficient (Wildman–Crippen LogP) is 4.58. The fraction of sp³-hybridized carbons (Fsp3) is 0.273. The molecule has 0 bridgehead atoms. The average Bonchev–Trinajstić information content (AvgIpc) is 2.75. The summed E-state index contributed by atoms with van der Waals surface area (Å²) < 4.78 is 0. The SMILES string of the molecule is O=C(Nc1cccc2cccnc12)c1cnc(NCCC2=CCCCC2)cn1. The summed E-state index contributed by atoms with van der Waals surface area (Å²) in [5.74, 6) is 0.379. The second-order valence-electron chi connectivity index (χ2n) is 6.91. The molecule has 6 heteroatoms. The van der Waals surface area contributed by atoms with Gasteiger partial charge in [0, 0.05) is 18.1 Å². The third kappa shape index (κ3) is 4.34. The van der Waals surface area contributed by atoms with Crippen LogP contribution in [0.4, 0.5) is 11.5 Å². The Labute approximate surface area is 164 Å². The molecule has 1 aliphatic carbocycles. The summed E-state index contributed by atoms with van der Waals surface area (Å²) in [6.45, 7) is 0.827. The van der Waals surface area contributed by atoms with Crippen molar-refractivity contribution >= 4 is 28.3 Å². The first kappa shape index (κ1) is 18.1. The number of carbonyl (C=O) groups is 1. The number of pyridine rings is 1. The van der Waals surface area contributed by atoms with Crippen molar-refractivity contribution in [2.24, 2.45) is 0 Å². The Hall–Kier alpha value is -3.28. The van der Waals surface area contributed by atoms with Crippen LogP contribution in [0.5, 0.6) is 0 Å². The summed E-state index contributed by atoms with van der Waals surface area (Å²) in [5, 5.41) is 7.12. The molecule has 1 amide bonds. The van der Waals surface area contributed by atoms with E-state index < -0.39 is 0 Å². The van der Waals surface area contributed by atoms with Gasteiger partial charge in [0.05, 0.1) is 23.6 Å². The molecule has 0 saturated heterocycles. The number of hydrogen-bond acceptors (Lipinski definition) is 5. The first-order chi connectivity index (χ1) is 13.8. The Kier molecular flexibility index (Phi) is 5.56. The number of amides is 1. The Morgan fingerprint density at radius 2 is 1.96 bits per heavy atom. The van der Waals surface area contributed by atoms with Gasteiger partial charge < -0.3 is 10.6 Å². The zero-order valence-electron chi connectivity index (χ0n) is 15.7. The van der Waals surface area contributed by atoms with Crippen LogP contribution in [0, 0.1) is 0 Å². The van der Waals surface area contributed by atoms with Crippen LogP contribution >= 0.6 is 0 Å². The highest BCUT2D eigenvalue weighted by Gasteiger charge is 2.11. The van der Waals surface area contributed by atoms with Gasteiger partial charge in [-0.05, 0) is 44.2 Å². The lowest BCUT2D eigenvalue weighted by atomic mass is 9.97. The van der Waals surface area contributed by atoms with Crippen molar-refractivity contribution in [3.8, 4) is 0 Å². The van der Waals surface area contributed by atoms with E-state index in [0.717, 1.165) is 23.9 Å². The van der Waals surface area contributed by atoms with Crippen molar-refractivity contribution in [1.29, 1.82) is 0 Å². The number of allylic oxidation sites excluding steroid dienone is 1. The largest absolute Gasteiger partial charge is 0.368 e. The van der Waals surface area contributed by atoms with E-state index in [4.69, 9.17) is 0 Å². The zero-order valence-corrected chi connectivity index (χ0v) is 15.7. The molecule has 142 valence electrons. The standard InChI is InChI=1S/C22H23N5O/c28-22(27-18-10-4-8-17-9-5-12-24-21(17)18)19-14-26-20(15-25-19)23-13-11-16-6-2-1-3-7-16/h4-6,8-10,12,14-15H,1-3,7,11,13H2,(H,23,26)(H,27,28). The van der Waals surface area contributed by atoms with E-state index in [-0.39, 0.29) is 11.6 Å². The Bertz CT molecular complexity index is 992. The summed E-state index contributed by atoms with van der Waals surface area (Å²) in [6, 6.07) is 9.51. The van der Waals surface area contributed by atoms with Crippen LogP contribution < -0.4 is 10.6 Å². The maximum absolute atomic E-state index is 12.5. The van der Waals surface area contributed by atoms with Crippen molar-refractivity contribution in [2.75, 3.05) is 17.2 Å². The summed E-state index contributed by atoms with van der Waals surface area (Å²) in [7, 11) is 0. The Morgan fingerprint density at radius 3 is 2.79 bits per heavy atom. The van der Waals surface area contributed by atoms with Crippen LogP contribution in [0.1, 0.15) is 42.6 Å². The van der Waals surface area contributed by atoms with E-state index in [1.807, 2.05) is 30.3 Å². The molecule has 6 nitrogen and oxygen atoms in total. The van der Waals surface area contributed by atoms with Gasteiger partial charge in [-0.25, -0.2) is 9.97 Å². The van der Waals surface area contributed by atoms with Gasteiger partial charge in [0.1, 0.15) is 11.5 Å². The minimum absolute atomic E-state index is 0.272. The normalized spacial score (nSPS) is 13.8. The second kappa shape index (κ2) is 8.61. The molecular weight excluding hydrogens is 350 g/mol. The summed E-state index contributed by atoms with van der Waals surface area (Å²) in [5.41, 5.74) is 3.20. The van der Waals surface area contributed by atoms with Crippen molar-refractivity contribution in [3.63, 3.8) is 0 Å². The number of nitrogens with zero attached hydrogens (tertiary/aromatic N) is 3. The molecule has 0 radical (unpaired) electrons. The molecule has 1 aliphatic rings. The number of hydrogen-bond donors (Lipinski definition) is 2. The molecule has 0 fully saturated rings. The maximum atomic E-state index is 12.5. The molecule has 0 atom stereocenters. The molecule has 4 rings (SSSR count). The lowest BCUT2D eigenvalue weighted by molar-refractivity contribution is 0.102. The van der Waals surface area contributed by atoms with Gasteiger partial charge in [0.2, 0.25) is 0 Å². The molecule has 2 heterocycles. The van der Waals surface area contributed by atoms with E-state index in [1.165, 1.54) is 37.5 Å². The van der Waals surface area contributed by atoms with E-state index in [2.05, 4.69) is 31.7 Å². The fourth-order valence-corrected chi connectivity index (χ4v) is 3.41. The Morgan fingerprint density at radius 1 is 1.04 bits per heavy atom. The predicted molar refractivity (Wildman–Crippen MR) is 111 cm³/mol. The van der Waals surface area contributed by atoms with Crippen LogP contribution in [0.15, 0.2) is 60.6 Å². The van der Waals surface area contributed by atoms with Crippen LogP contribution in [0.25, 0.3) is 10.9 Å². The van der Waals surface area contributed by atoms with E-state index in [9.17, 15) is 4.79 Å². The van der Waals surface area contributed by atoms with Gasteiger partial charge in [0.25, 0.3) is 5.91 Å². The average molecular weight is 373 g/mol. The molecule has 2 N–H and O–H groups in total. The molecule has 3 aromatic rings. The van der Waals surface area contributed by atoms with Gasteiger partial charge in [-0.3, -0.25) is 9.78 Å². The second-order valence-corrected chi connectivity index (χ2v) is 6.91. The van der Waals surface area contributed by atoms with Crippen LogP contribution in [0.2, 0.25) is 0 Å². The van der Waals surface area contributed by atoms with E-state index in [0.29, 0.717) is 11.5 Å². The molecule has 0 aliphatic heterocycles. The number of anilines is 2. The Balaban J connectivity index is 1.36. The lowest BCUT2D eigenvalue weighted by Gasteiger charge is -2.13. The zero-order chi connectivity index (χ0) is 19.2. The van der Waals surface area contributed by atoms with Crippen molar-refractivity contribution < 1.29 is 4.79 Å². The van der Waals surface area contributed by atoms with Crippen LogP contribution in [-0.4, -0.2) is 27.4 Å². The fourth-order valence-electron chi connectivity index (χ4n) is 3.41. The minimum Gasteiger partial charge on any atom is -0.368 e. The third-order valence-corrected chi connectivity index (χ3v) is 4.90. The van der Waals surface area contributed by atoms with Gasteiger partial charge in [0.15, 0.2) is 0 Å². The monoisotopic (exact) mass is 373 g/mol. The number of carbonyl (C=O) groups excluding carboxylic acids is 1. The van der Waals surface area contributed by atoms with Crippen LogP contribution in [0.3, 0.4) is 0 Å². The molecule has 0 saturated carbocycles. The molecule has 1 aromatic carbocycles. The highest BCUT2D eigenvalue weighted by Crippen LogP contribution is 2.21. The van der Waals surface area contributed by atoms with Gasteiger partial charge in [-0.1, -0.05) is 29.8 Å². The highest BCUT2D eigenvalue weighted by atomic mass is 16.1. The number of fused-ring (bicyclic) bond motifs is 1. The smallest absolute Gasteiger partial charge is 0.275 e. The first-order valence-electron chi connectivity index (χ1n) is 9.68. The summed E-state index contributed by atoms with van der Waals surface area (Å²) in [4.78, 5) is 25.4. The molecule has 2 aromatic heterocycles. The maximum Gasteiger partial charge on any atom is 0.275 e. The quantitative estimate of drug-likeness (QED) is 0.618. The first-order valence-corrected chi connectivity index (χ1v) is 9.68. The lowest BCUT2D eigenvalue weighted by Crippen LogP contribution is -2.15. The number of rotatable bonds is 6. The summed E-state index contributed by atoms with van der Waals surface area (Å²) in [6.07, 6.45) is 13.2. The summed E-state index contributed by atoms with van der Waals surface area (Å²) >= 11 is 0. The van der Waals surface area contributed by atoms with Crippen molar-refractivity contribution in [1.82, 2.24) is 15.0 Å². The van der Waals surface area contributed by atoms with Crippen molar-refractivity contribution in [2.45, 2.75) is 32.1 Å². The van der Waals surface area contributed by atoms with Gasteiger partial charge in [-0.2, -0.15) is 0 Å². The van der Waals surface area contributed by atoms with Gasteiger partial charge >= 0.3 is 0 Å². The number of aromatic nitrogens is 3. The minimum atomic E-state index is -0.301. The number of nitrogens with one attached hydrogen (secondary N) is 2. The van der Waals surface area contributed by atoms with Crippen molar-refractivity contribution in [3.05, 3.63) is 66.3 Å². The van der Waals surface area contributed by atoms with Gasteiger partial charge in [-0.15, -0.1) is 0 Å². The number of para-hydroxylation sites is 1. The molecule has 0 unspecified atom stereocenters.